The van der Waals surface area contributed by atoms with Gasteiger partial charge in [-0.1, -0.05) is 6.07 Å². The van der Waals surface area contributed by atoms with Gasteiger partial charge >= 0.3 is 0 Å². The zero-order chi connectivity index (χ0) is 14.4. The van der Waals surface area contributed by atoms with Crippen molar-refractivity contribution < 1.29 is 4.74 Å². The van der Waals surface area contributed by atoms with Crippen LogP contribution in [0.5, 0.6) is 5.88 Å². The highest BCUT2D eigenvalue weighted by Crippen LogP contribution is 2.27. The van der Waals surface area contributed by atoms with Gasteiger partial charge in [0, 0.05) is 0 Å². The average Bonchev–Trinajstić information content (AvgIpc) is 3.08. The van der Waals surface area contributed by atoms with Gasteiger partial charge in [-0.05, 0) is 54.7 Å². The monoisotopic (exact) mass is 298 g/mol. The van der Waals surface area contributed by atoms with Crippen LogP contribution in [0.1, 0.15) is 17.5 Å². The molecular formula is C15H14N4OS. The van der Waals surface area contributed by atoms with E-state index in [1.807, 2.05) is 4.57 Å². The summed E-state index contributed by atoms with van der Waals surface area (Å²) in [6.45, 7) is 0. The number of methoxy groups -OCH3 is 1. The first-order chi connectivity index (χ1) is 10.3. The summed E-state index contributed by atoms with van der Waals surface area (Å²) < 4.78 is 7.80. The van der Waals surface area contributed by atoms with Gasteiger partial charge in [-0.15, -0.1) is 0 Å². The Labute approximate surface area is 126 Å². The predicted octanol–water partition coefficient (Wildman–Crippen LogP) is 2.98. The van der Waals surface area contributed by atoms with Crippen molar-refractivity contribution >= 4 is 23.4 Å². The first-order valence-electron chi connectivity index (χ1n) is 6.90. The summed E-state index contributed by atoms with van der Waals surface area (Å²) in [6.07, 6.45) is 5.03. The molecule has 5 nitrogen and oxygen atoms in total. The number of fused-ring (bicyclic) bond motifs is 2. The van der Waals surface area contributed by atoms with Crippen LogP contribution in [0, 0.1) is 4.77 Å². The van der Waals surface area contributed by atoms with Gasteiger partial charge in [0.1, 0.15) is 11.8 Å². The van der Waals surface area contributed by atoms with Crippen molar-refractivity contribution in [2.24, 2.45) is 0 Å². The molecule has 0 saturated heterocycles. The molecule has 0 saturated carbocycles. The number of ether oxygens (including phenoxy) is 1. The molecule has 0 spiro atoms. The summed E-state index contributed by atoms with van der Waals surface area (Å²) in [5.74, 6) is 0.506. The van der Waals surface area contributed by atoms with Crippen LogP contribution < -0.4 is 4.74 Å². The molecule has 1 aliphatic carbocycles. The molecule has 0 unspecified atom stereocenters. The van der Waals surface area contributed by atoms with Crippen LogP contribution >= 0.6 is 12.2 Å². The number of aromatic nitrogens is 4. The Morgan fingerprint density at radius 3 is 2.95 bits per heavy atom. The summed E-state index contributed by atoms with van der Waals surface area (Å²) in [4.78, 5) is 11.6. The van der Waals surface area contributed by atoms with Crippen molar-refractivity contribution in [2.45, 2.75) is 19.3 Å². The lowest BCUT2D eigenvalue weighted by molar-refractivity contribution is 0.401. The number of nitrogens with zero attached hydrogens (tertiary/aromatic N) is 3. The van der Waals surface area contributed by atoms with E-state index < -0.39 is 0 Å². The maximum absolute atomic E-state index is 5.45. The quantitative estimate of drug-likeness (QED) is 0.739. The van der Waals surface area contributed by atoms with Crippen molar-refractivity contribution in [1.82, 2.24) is 19.5 Å². The van der Waals surface area contributed by atoms with Gasteiger partial charge in [-0.25, -0.2) is 4.98 Å². The summed E-state index contributed by atoms with van der Waals surface area (Å²) in [7, 11) is 1.59. The summed E-state index contributed by atoms with van der Waals surface area (Å²) >= 11 is 5.45. The highest BCUT2D eigenvalue weighted by atomic mass is 32.1. The zero-order valence-electron chi connectivity index (χ0n) is 11.6. The summed E-state index contributed by atoms with van der Waals surface area (Å²) in [5.41, 5.74) is 5.35. The molecule has 0 amide bonds. The maximum atomic E-state index is 5.45. The normalized spacial score (nSPS) is 13.6. The van der Waals surface area contributed by atoms with Gasteiger partial charge in [0.25, 0.3) is 0 Å². The fourth-order valence-electron chi connectivity index (χ4n) is 2.99. The van der Waals surface area contributed by atoms with Crippen molar-refractivity contribution in [1.29, 1.82) is 0 Å². The lowest BCUT2D eigenvalue weighted by atomic mass is 10.1. The molecule has 1 aromatic carbocycles. The lowest BCUT2D eigenvalue weighted by Crippen LogP contribution is -1.98. The van der Waals surface area contributed by atoms with Crippen LogP contribution in [0.2, 0.25) is 0 Å². The number of aryl methyl sites for hydroxylation is 2. The van der Waals surface area contributed by atoms with Gasteiger partial charge in [-0.3, -0.25) is 4.57 Å². The number of hydrogen-bond donors (Lipinski definition) is 1. The van der Waals surface area contributed by atoms with Crippen LogP contribution in [-0.2, 0) is 12.8 Å². The van der Waals surface area contributed by atoms with Crippen molar-refractivity contribution in [3.63, 3.8) is 0 Å². The highest BCUT2D eigenvalue weighted by molar-refractivity contribution is 7.71. The van der Waals surface area contributed by atoms with Crippen LogP contribution in [-0.4, -0.2) is 26.6 Å². The summed E-state index contributed by atoms with van der Waals surface area (Å²) in [5, 5.41) is 0. The Bertz CT molecular complexity index is 896. The molecule has 4 rings (SSSR count). The molecule has 1 N–H and O–H groups in total. The van der Waals surface area contributed by atoms with Gasteiger partial charge < -0.3 is 9.72 Å². The van der Waals surface area contributed by atoms with Gasteiger partial charge in [-0.2, -0.15) is 4.98 Å². The van der Waals surface area contributed by atoms with Gasteiger partial charge in [0.05, 0.1) is 12.8 Å². The molecule has 0 radical (unpaired) electrons. The molecule has 0 bridgehead atoms. The van der Waals surface area contributed by atoms with E-state index in [4.69, 9.17) is 17.0 Å². The Morgan fingerprint density at radius 1 is 1.24 bits per heavy atom. The van der Waals surface area contributed by atoms with E-state index in [2.05, 4.69) is 33.2 Å². The Morgan fingerprint density at radius 2 is 2.10 bits per heavy atom. The maximum Gasteiger partial charge on any atom is 0.242 e. The number of H-pyrrole nitrogens is 1. The van der Waals surface area contributed by atoms with E-state index in [1.165, 1.54) is 30.3 Å². The second-order valence-corrected chi connectivity index (χ2v) is 5.54. The molecule has 0 aliphatic heterocycles. The second kappa shape index (κ2) is 4.66. The fourth-order valence-corrected chi connectivity index (χ4v) is 3.28. The van der Waals surface area contributed by atoms with Gasteiger partial charge in [0.15, 0.2) is 10.4 Å². The largest absolute Gasteiger partial charge is 0.479 e. The smallest absolute Gasteiger partial charge is 0.242 e. The molecule has 2 aromatic heterocycles. The fraction of sp³-hybridized carbons (Fsp3) is 0.267. The predicted molar refractivity (Wildman–Crippen MR) is 82.6 cm³/mol. The third-order valence-corrected chi connectivity index (χ3v) is 4.26. The SMILES string of the molecule is COc1ncnc2c1[nH]c(=S)n2-c1ccc2c(c1)CCC2. The molecule has 0 atom stereocenters. The van der Waals surface area contributed by atoms with Crippen molar-refractivity contribution in [3.8, 4) is 11.6 Å². The molecule has 3 aromatic rings. The van der Waals surface area contributed by atoms with E-state index in [1.54, 1.807) is 7.11 Å². The summed E-state index contributed by atoms with van der Waals surface area (Å²) in [6, 6.07) is 6.50. The highest BCUT2D eigenvalue weighted by Gasteiger charge is 2.15. The first-order valence-corrected chi connectivity index (χ1v) is 7.30. The number of benzene rings is 1. The van der Waals surface area contributed by atoms with Crippen LogP contribution in [0.25, 0.3) is 16.9 Å². The topological polar surface area (TPSA) is 55.7 Å². The number of rotatable bonds is 2. The third kappa shape index (κ3) is 1.86. The molecule has 21 heavy (non-hydrogen) atoms. The van der Waals surface area contributed by atoms with E-state index in [0.29, 0.717) is 10.7 Å². The van der Waals surface area contributed by atoms with Crippen LogP contribution in [0.15, 0.2) is 24.5 Å². The number of nitrogens with one attached hydrogen (secondary N) is 1. The third-order valence-electron chi connectivity index (χ3n) is 3.97. The standard InChI is InChI=1S/C15H14N4OS/c1-20-14-12-13(16-8-17-14)19(15(21)18-12)11-6-5-9-3-2-4-10(9)7-11/h5-8H,2-4H2,1H3,(H,18,21). The first kappa shape index (κ1) is 12.5. The Hall–Kier alpha value is -2.21. The number of aromatic amines is 1. The van der Waals surface area contributed by atoms with Crippen molar-refractivity contribution in [2.75, 3.05) is 7.11 Å². The number of imidazole rings is 1. The minimum Gasteiger partial charge on any atom is -0.479 e. The molecule has 2 heterocycles. The molecule has 106 valence electrons. The average molecular weight is 298 g/mol. The Kier molecular flexibility index (Phi) is 2.78. The number of hydrogen-bond acceptors (Lipinski definition) is 4. The molecular weight excluding hydrogens is 284 g/mol. The molecule has 0 fully saturated rings. The van der Waals surface area contributed by atoms with Gasteiger partial charge in [0.2, 0.25) is 5.88 Å². The van der Waals surface area contributed by atoms with Crippen LogP contribution in [0.3, 0.4) is 0 Å². The molecule has 1 aliphatic rings. The Balaban J connectivity index is 1.98. The zero-order valence-corrected chi connectivity index (χ0v) is 12.4. The van der Waals surface area contributed by atoms with E-state index >= 15 is 0 Å². The van der Waals surface area contributed by atoms with E-state index in [-0.39, 0.29) is 0 Å². The minimum atomic E-state index is 0.506. The minimum absolute atomic E-state index is 0.506. The molecule has 6 heteroatoms. The van der Waals surface area contributed by atoms with E-state index in [0.717, 1.165) is 23.3 Å². The lowest BCUT2D eigenvalue weighted by Gasteiger charge is -2.07. The second-order valence-electron chi connectivity index (χ2n) is 5.15. The van der Waals surface area contributed by atoms with Crippen LogP contribution in [0.4, 0.5) is 0 Å². The van der Waals surface area contributed by atoms with E-state index in [9.17, 15) is 0 Å². The van der Waals surface area contributed by atoms with Crippen molar-refractivity contribution in [3.05, 3.63) is 40.4 Å².